The van der Waals surface area contributed by atoms with Gasteiger partial charge in [-0.2, -0.15) is 4.89 Å². The van der Waals surface area contributed by atoms with Gasteiger partial charge in [-0.3, -0.25) is 9.79 Å². The van der Waals surface area contributed by atoms with Crippen LogP contribution in [0, 0.1) is 0 Å². The van der Waals surface area contributed by atoms with Gasteiger partial charge in [0.05, 0.1) is 5.56 Å². The number of hydrogen-bond acceptors (Lipinski definition) is 6. The van der Waals surface area contributed by atoms with Crippen LogP contribution < -0.4 is 10.6 Å². The molecule has 0 unspecified atom stereocenters. The number of nitrogens with zero attached hydrogens (tertiary/aromatic N) is 1. The summed E-state index contributed by atoms with van der Waals surface area (Å²) < 4.78 is 5.50. The van der Waals surface area contributed by atoms with E-state index in [0.717, 1.165) is 11.1 Å². The Morgan fingerprint density at radius 1 is 0.935 bits per heavy atom. The van der Waals surface area contributed by atoms with Gasteiger partial charge in [-0.05, 0) is 83.9 Å². The molecule has 0 aliphatic rings. The molecule has 0 atom stereocenters. The molecule has 2 rings (SSSR count). The maximum Gasteiger partial charge on any atom is 0.414 e. The van der Waals surface area contributed by atoms with Crippen molar-refractivity contribution in [3.63, 3.8) is 0 Å². The van der Waals surface area contributed by atoms with Crippen molar-refractivity contribution < 1.29 is 24.1 Å². The lowest BCUT2D eigenvalue weighted by molar-refractivity contribution is -0.301. The monoisotopic (exact) mass is 428 g/mol. The van der Waals surface area contributed by atoms with E-state index >= 15 is 0 Å². The normalized spacial score (nSPS) is 11.7. The predicted molar refractivity (Wildman–Crippen MR) is 122 cm³/mol. The first kappa shape index (κ1) is 24.2. The van der Waals surface area contributed by atoms with Gasteiger partial charge in [0, 0.05) is 17.9 Å². The Kier molecular flexibility index (Phi) is 7.33. The summed E-state index contributed by atoms with van der Waals surface area (Å²) in [5, 5.41) is 0. The Hall–Kier alpha value is -3.06. The van der Waals surface area contributed by atoms with E-state index in [4.69, 9.17) is 20.2 Å². The number of carbonyl (C=O) groups excluding carboxylic acids is 2. The molecule has 2 aromatic carbocycles. The summed E-state index contributed by atoms with van der Waals surface area (Å²) in [7, 11) is 0. The van der Waals surface area contributed by atoms with E-state index in [-0.39, 0.29) is 11.3 Å². The van der Waals surface area contributed by atoms with Gasteiger partial charge in [0.15, 0.2) is 0 Å². The average Bonchev–Trinajstić information content (AvgIpc) is 2.65. The zero-order chi connectivity index (χ0) is 23.4. The van der Waals surface area contributed by atoms with Gasteiger partial charge < -0.3 is 10.5 Å². The number of anilines is 2. The van der Waals surface area contributed by atoms with Gasteiger partial charge in [-0.25, -0.2) is 9.59 Å². The van der Waals surface area contributed by atoms with Crippen LogP contribution in [-0.2, 0) is 14.5 Å². The summed E-state index contributed by atoms with van der Waals surface area (Å²) in [6, 6.07) is 12.5. The van der Waals surface area contributed by atoms with Gasteiger partial charge in [-0.1, -0.05) is 18.2 Å². The number of nitrogen functional groups attached to an aromatic ring is 1. The molecule has 7 nitrogen and oxygen atoms in total. The summed E-state index contributed by atoms with van der Waals surface area (Å²) in [5.74, 6) is -0.658. The van der Waals surface area contributed by atoms with Crippen molar-refractivity contribution in [3.8, 4) is 11.1 Å². The Morgan fingerprint density at radius 3 is 2.13 bits per heavy atom. The van der Waals surface area contributed by atoms with Gasteiger partial charge >= 0.3 is 12.1 Å². The Balaban J connectivity index is 2.27. The maximum atomic E-state index is 12.6. The molecule has 0 fully saturated rings. The minimum atomic E-state index is -0.658. The zero-order valence-electron chi connectivity index (χ0n) is 19.3. The predicted octanol–water partition coefficient (Wildman–Crippen LogP) is 5.58. The molecule has 0 aromatic heterocycles. The molecule has 0 radical (unpaired) electrons. The fourth-order valence-electron chi connectivity index (χ4n) is 2.72. The van der Waals surface area contributed by atoms with Crippen molar-refractivity contribution in [1.29, 1.82) is 0 Å². The number of hydrogen-bond donors (Lipinski definition) is 1. The minimum absolute atomic E-state index is 0.216. The van der Waals surface area contributed by atoms with Crippen molar-refractivity contribution in [3.05, 3.63) is 48.0 Å². The molecule has 2 aromatic rings. The third-order valence-electron chi connectivity index (χ3n) is 4.06. The highest BCUT2D eigenvalue weighted by Crippen LogP contribution is 2.29. The van der Waals surface area contributed by atoms with Crippen LogP contribution in [0.5, 0.6) is 0 Å². The maximum absolute atomic E-state index is 12.6. The largest absolute Gasteiger partial charge is 0.443 e. The van der Waals surface area contributed by atoms with E-state index in [1.54, 1.807) is 43.9 Å². The summed E-state index contributed by atoms with van der Waals surface area (Å²) in [5.41, 5.74) is 7.72. The van der Waals surface area contributed by atoms with Crippen LogP contribution in [-0.4, -0.2) is 29.8 Å². The number of nitrogens with two attached hydrogens (primary N) is 1. The molecule has 0 spiro atoms. The molecule has 0 bridgehead atoms. The summed E-state index contributed by atoms with van der Waals surface area (Å²) in [6.45, 7) is 13.2. The summed E-state index contributed by atoms with van der Waals surface area (Å²) in [4.78, 5) is 36.3. The Labute approximate surface area is 184 Å². The van der Waals surface area contributed by atoms with E-state index in [2.05, 4.69) is 0 Å². The van der Waals surface area contributed by atoms with Crippen LogP contribution in [0.15, 0.2) is 42.5 Å². The zero-order valence-corrected chi connectivity index (χ0v) is 19.3. The van der Waals surface area contributed by atoms with Gasteiger partial charge in [0.2, 0.25) is 0 Å². The molecular formula is C24H32N2O5. The van der Waals surface area contributed by atoms with E-state index in [9.17, 15) is 9.59 Å². The van der Waals surface area contributed by atoms with E-state index in [0.29, 0.717) is 12.2 Å². The number of carbonyl (C=O) groups is 2. The summed E-state index contributed by atoms with van der Waals surface area (Å²) in [6.07, 6.45) is -0.413. The minimum Gasteiger partial charge on any atom is -0.443 e. The van der Waals surface area contributed by atoms with Crippen LogP contribution in [0.1, 0.15) is 58.8 Å². The third kappa shape index (κ3) is 7.00. The smallest absolute Gasteiger partial charge is 0.414 e. The second-order valence-electron chi connectivity index (χ2n) is 9.14. The highest BCUT2D eigenvalue weighted by molar-refractivity contribution is 5.96. The molecule has 0 saturated heterocycles. The third-order valence-corrected chi connectivity index (χ3v) is 4.06. The Morgan fingerprint density at radius 2 is 1.58 bits per heavy atom. The van der Waals surface area contributed by atoms with Gasteiger partial charge in [0.25, 0.3) is 0 Å². The topological polar surface area (TPSA) is 91.1 Å². The fourth-order valence-corrected chi connectivity index (χ4v) is 2.72. The number of amides is 1. The van der Waals surface area contributed by atoms with Crippen LogP contribution >= 0.6 is 0 Å². The molecule has 0 aliphatic carbocycles. The molecule has 31 heavy (non-hydrogen) atoms. The van der Waals surface area contributed by atoms with Crippen molar-refractivity contribution in [2.24, 2.45) is 0 Å². The first-order chi connectivity index (χ1) is 14.3. The van der Waals surface area contributed by atoms with Crippen LogP contribution in [0.3, 0.4) is 0 Å². The molecular weight excluding hydrogens is 396 g/mol. The SMILES string of the molecule is CCN(C(=O)OC(C)(C)C)c1cccc(-c2ccc(C(=O)OOC(C)(C)C)c(N)c2)c1. The molecule has 0 saturated carbocycles. The first-order valence-corrected chi connectivity index (χ1v) is 10.2. The van der Waals surface area contributed by atoms with Crippen molar-refractivity contribution in [1.82, 2.24) is 0 Å². The molecule has 7 heteroatoms. The van der Waals surface area contributed by atoms with Gasteiger partial charge in [-0.15, -0.1) is 0 Å². The number of rotatable bonds is 5. The van der Waals surface area contributed by atoms with Crippen LogP contribution in [0.4, 0.5) is 16.2 Å². The molecule has 168 valence electrons. The number of ether oxygens (including phenoxy) is 1. The highest BCUT2D eigenvalue weighted by atomic mass is 17.2. The molecule has 2 N–H and O–H groups in total. The van der Waals surface area contributed by atoms with Crippen molar-refractivity contribution >= 4 is 23.4 Å². The van der Waals surface area contributed by atoms with Crippen molar-refractivity contribution in [2.75, 3.05) is 17.2 Å². The number of benzene rings is 2. The lowest BCUT2D eigenvalue weighted by Gasteiger charge is -2.27. The second-order valence-corrected chi connectivity index (χ2v) is 9.14. The van der Waals surface area contributed by atoms with E-state index < -0.39 is 23.3 Å². The van der Waals surface area contributed by atoms with Gasteiger partial charge in [0.1, 0.15) is 11.2 Å². The second kappa shape index (κ2) is 9.39. The standard InChI is InChI=1S/C24H32N2O5/c1-8-26(22(28)29-23(2,3)4)18-11-9-10-16(14-18)17-12-13-19(20(25)15-17)21(27)30-31-24(5,6)7/h9-15H,8,25H2,1-7H3. The lowest BCUT2D eigenvalue weighted by atomic mass is 10.0. The molecule has 1 amide bonds. The van der Waals surface area contributed by atoms with E-state index in [1.807, 2.05) is 52.0 Å². The molecule has 0 aliphatic heterocycles. The van der Waals surface area contributed by atoms with Crippen molar-refractivity contribution in [2.45, 2.75) is 59.7 Å². The van der Waals surface area contributed by atoms with Crippen LogP contribution in [0.25, 0.3) is 11.1 Å². The fraction of sp³-hybridized carbons (Fsp3) is 0.417. The summed E-state index contributed by atoms with van der Waals surface area (Å²) >= 11 is 0. The van der Waals surface area contributed by atoms with E-state index in [1.165, 1.54) is 0 Å². The Bertz CT molecular complexity index is 942. The quantitative estimate of drug-likeness (QED) is 0.379. The molecule has 0 heterocycles. The average molecular weight is 429 g/mol. The highest BCUT2D eigenvalue weighted by Gasteiger charge is 2.23. The first-order valence-electron chi connectivity index (χ1n) is 10.2. The van der Waals surface area contributed by atoms with Crippen LogP contribution in [0.2, 0.25) is 0 Å². The lowest BCUT2D eigenvalue weighted by Crippen LogP contribution is -2.36.